The standard InChI is InChI=1S/C20H22F2N4O2.CH2O/c1-26(2)20(23)25-18-13-8-12(11-4-3-6-24-19(11)22)15(21)9-17(13)28-16-5-7-27-10-14(16)18;1-2/h3-4,6,8-9,14,16,18H,5,7,10H2,1-2H3,(H2,23,25);1H2/t14-,16+,18+;/m1./s1. The van der Waals surface area contributed by atoms with E-state index in [1.165, 1.54) is 18.3 Å². The third-order valence-corrected chi connectivity index (χ3v) is 5.22. The topological polar surface area (TPSA) is 90.0 Å². The highest BCUT2D eigenvalue weighted by Gasteiger charge is 2.41. The van der Waals surface area contributed by atoms with Gasteiger partial charge in [-0.15, -0.1) is 0 Å². The highest BCUT2D eigenvalue weighted by Crippen LogP contribution is 2.45. The number of hydrogen-bond acceptors (Lipinski definition) is 5. The van der Waals surface area contributed by atoms with Gasteiger partial charge in [-0.2, -0.15) is 4.39 Å². The maximum atomic E-state index is 14.8. The van der Waals surface area contributed by atoms with E-state index in [1.54, 1.807) is 31.1 Å². The van der Waals surface area contributed by atoms with Gasteiger partial charge in [-0.1, -0.05) is 0 Å². The summed E-state index contributed by atoms with van der Waals surface area (Å²) in [6, 6.07) is 5.58. The molecule has 0 unspecified atom stereocenters. The zero-order valence-electron chi connectivity index (χ0n) is 16.8. The lowest BCUT2D eigenvalue weighted by molar-refractivity contribution is -0.0980. The summed E-state index contributed by atoms with van der Waals surface area (Å²) >= 11 is 0. The van der Waals surface area contributed by atoms with E-state index in [2.05, 4.69) is 9.98 Å². The summed E-state index contributed by atoms with van der Waals surface area (Å²) in [4.78, 5) is 18.0. The third kappa shape index (κ3) is 4.11. The number of hydrogen-bond donors (Lipinski definition) is 1. The molecule has 1 saturated heterocycles. The van der Waals surface area contributed by atoms with Gasteiger partial charge in [0.05, 0.1) is 19.3 Å². The van der Waals surface area contributed by atoms with Gasteiger partial charge in [0.15, 0.2) is 5.96 Å². The summed E-state index contributed by atoms with van der Waals surface area (Å²) in [6.07, 6.45) is 1.89. The molecule has 0 aliphatic carbocycles. The molecule has 2 N–H and O–H groups in total. The van der Waals surface area contributed by atoms with E-state index in [1.807, 2.05) is 6.79 Å². The number of carbonyl (C=O) groups excluding carboxylic acids is 1. The molecule has 160 valence electrons. The highest BCUT2D eigenvalue weighted by atomic mass is 19.1. The van der Waals surface area contributed by atoms with E-state index in [-0.39, 0.29) is 29.2 Å². The molecule has 9 heteroatoms. The predicted octanol–water partition coefficient (Wildman–Crippen LogP) is 2.56. The zero-order chi connectivity index (χ0) is 21.8. The summed E-state index contributed by atoms with van der Waals surface area (Å²) in [7, 11) is 3.60. The summed E-state index contributed by atoms with van der Waals surface area (Å²) in [5.41, 5.74) is 6.95. The van der Waals surface area contributed by atoms with Crippen molar-refractivity contribution in [2.24, 2.45) is 16.6 Å². The van der Waals surface area contributed by atoms with Gasteiger partial charge in [0.25, 0.3) is 0 Å². The molecular weight excluding hydrogens is 394 g/mol. The summed E-state index contributed by atoms with van der Waals surface area (Å²) < 4.78 is 40.7. The van der Waals surface area contributed by atoms with Gasteiger partial charge in [-0.25, -0.2) is 14.4 Å². The van der Waals surface area contributed by atoms with Crippen LogP contribution in [0.3, 0.4) is 0 Å². The Morgan fingerprint density at radius 3 is 2.77 bits per heavy atom. The van der Waals surface area contributed by atoms with E-state index < -0.39 is 11.8 Å². The minimum Gasteiger partial charge on any atom is -0.489 e. The molecule has 0 radical (unpaired) electrons. The molecule has 1 aromatic carbocycles. The molecule has 0 saturated carbocycles. The Bertz CT molecular complexity index is 938. The number of nitrogens with two attached hydrogens (primary N) is 1. The first-order chi connectivity index (χ1) is 14.5. The monoisotopic (exact) mass is 418 g/mol. The fourth-order valence-electron chi connectivity index (χ4n) is 3.70. The van der Waals surface area contributed by atoms with Gasteiger partial charge in [0.1, 0.15) is 24.5 Å². The van der Waals surface area contributed by atoms with Crippen molar-refractivity contribution >= 4 is 12.7 Å². The Kier molecular flexibility index (Phi) is 6.61. The van der Waals surface area contributed by atoms with Gasteiger partial charge < -0.3 is 24.9 Å². The molecule has 0 spiro atoms. The second-order valence-electron chi connectivity index (χ2n) is 7.22. The average molecular weight is 418 g/mol. The fraction of sp³-hybridized carbons (Fsp3) is 0.381. The number of carbonyl (C=O) groups is 1. The van der Waals surface area contributed by atoms with Crippen LogP contribution < -0.4 is 10.5 Å². The van der Waals surface area contributed by atoms with Crippen molar-refractivity contribution in [3.63, 3.8) is 0 Å². The van der Waals surface area contributed by atoms with E-state index >= 15 is 0 Å². The molecule has 2 aromatic rings. The maximum absolute atomic E-state index is 14.8. The van der Waals surface area contributed by atoms with Crippen LogP contribution in [-0.2, 0) is 9.53 Å². The van der Waals surface area contributed by atoms with Crippen molar-refractivity contribution in [3.05, 3.63) is 47.8 Å². The zero-order valence-corrected chi connectivity index (χ0v) is 16.8. The Morgan fingerprint density at radius 2 is 2.07 bits per heavy atom. The molecule has 7 nitrogen and oxygen atoms in total. The van der Waals surface area contributed by atoms with Gasteiger partial charge in [-0.05, 0) is 18.2 Å². The Labute approximate surface area is 173 Å². The van der Waals surface area contributed by atoms with Crippen LogP contribution in [0.2, 0.25) is 0 Å². The predicted molar refractivity (Wildman–Crippen MR) is 108 cm³/mol. The van der Waals surface area contributed by atoms with Crippen molar-refractivity contribution < 1.29 is 23.0 Å². The fourth-order valence-corrected chi connectivity index (χ4v) is 3.70. The molecule has 3 heterocycles. The van der Waals surface area contributed by atoms with E-state index in [9.17, 15) is 8.78 Å². The first-order valence-electron chi connectivity index (χ1n) is 9.44. The number of rotatable bonds is 2. The van der Waals surface area contributed by atoms with Crippen molar-refractivity contribution in [3.8, 4) is 16.9 Å². The average Bonchev–Trinajstić information content (AvgIpc) is 2.75. The van der Waals surface area contributed by atoms with Crippen LogP contribution in [0.15, 0.2) is 35.5 Å². The highest BCUT2D eigenvalue weighted by molar-refractivity contribution is 5.78. The van der Waals surface area contributed by atoms with Crippen molar-refractivity contribution in [2.75, 3.05) is 27.3 Å². The van der Waals surface area contributed by atoms with Crippen molar-refractivity contribution in [1.29, 1.82) is 0 Å². The molecule has 4 rings (SSSR count). The number of pyridine rings is 1. The smallest absolute Gasteiger partial charge is 0.220 e. The number of halogens is 2. The molecule has 2 aliphatic rings. The molecule has 3 atom stereocenters. The van der Waals surface area contributed by atoms with E-state index in [0.717, 1.165) is 0 Å². The first-order valence-corrected chi connectivity index (χ1v) is 9.44. The van der Waals surface area contributed by atoms with Gasteiger partial charge in [0.2, 0.25) is 5.95 Å². The minimum atomic E-state index is -0.732. The molecule has 0 amide bonds. The quantitative estimate of drug-likeness (QED) is 0.458. The third-order valence-electron chi connectivity index (χ3n) is 5.22. The van der Waals surface area contributed by atoms with Crippen LogP contribution in [0.5, 0.6) is 5.75 Å². The molecule has 30 heavy (non-hydrogen) atoms. The van der Waals surface area contributed by atoms with E-state index in [0.29, 0.717) is 36.9 Å². The van der Waals surface area contributed by atoms with Crippen LogP contribution in [0, 0.1) is 17.7 Å². The lowest BCUT2D eigenvalue weighted by atomic mass is 9.83. The second kappa shape index (κ2) is 9.17. The lowest BCUT2D eigenvalue weighted by Gasteiger charge is -2.41. The van der Waals surface area contributed by atoms with Crippen molar-refractivity contribution in [2.45, 2.75) is 18.6 Å². The Hall–Kier alpha value is -3.07. The van der Waals surface area contributed by atoms with Crippen LogP contribution >= 0.6 is 0 Å². The van der Waals surface area contributed by atoms with Crippen LogP contribution in [0.1, 0.15) is 18.0 Å². The second-order valence-corrected chi connectivity index (χ2v) is 7.22. The van der Waals surface area contributed by atoms with Crippen LogP contribution in [-0.4, -0.2) is 56.0 Å². The number of aliphatic imine (C=N–C) groups is 1. The molecule has 0 bridgehead atoms. The SMILES string of the molecule is C=O.CN(C)C(N)=N[C@H]1c2cc(-c3cccnc3F)c(F)cc2O[C@H]2CCOC[C@H]21. The number of ether oxygens (including phenoxy) is 2. The van der Waals surface area contributed by atoms with Gasteiger partial charge >= 0.3 is 0 Å². The van der Waals surface area contributed by atoms with Crippen LogP contribution in [0.25, 0.3) is 11.1 Å². The summed E-state index contributed by atoms with van der Waals surface area (Å²) in [5, 5.41) is 0. The normalized spacial score (nSPS) is 22.7. The lowest BCUT2D eigenvalue weighted by Crippen LogP contribution is -2.43. The number of fused-ring (bicyclic) bond motifs is 2. The number of benzene rings is 1. The van der Waals surface area contributed by atoms with Gasteiger partial charge in [0, 0.05) is 55.4 Å². The maximum Gasteiger partial charge on any atom is 0.220 e. The minimum absolute atomic E-state index is 0.0585. The summed E-state index contributed by atoms with van der Waals surface area (Å²) in [6.45, 7) is 3.05. The number of aromatic nitrogens is 1. The largest absolute Gasteiger partial charge is 0.489 e. The van der Waals surface area contributed by atoms with Crippen LogP contribution in [0.4, 0.5) is 8.78 Å². The summed E-state index contributed by atoms with van der Waals surface area (Å²) in [5.74, 6) is -0.601. The first kappa shape index (κ1) is 21.6. The number of nitrogens with zero attached hydrogens (tertiary/aromatic N) is 3. The van der Waals surface area contributed by atoms with Gasteiger partial charge in [-0.3, -0.25) is 0 Å². The Morgan fingerprint density at radius 1 is 1.30 bits per heavy atom. The molecule has 1 fully saturated rings. The van der Waals surface area contributed by atoms with E-state index in [4.69, 9.17) is 20.0 Å². The molecule has 1 aromatic heterocycles. The number of guanidine groups is 1. The molecular formula is C21H24F2N4O3. The molecule has 2 aliphatic heterocycles. The Balaban J connectivity index is 0.00000124. The van der Waals surface area contributed by atoms with Crippen molar-refractivity contribution in [1.82, 2.24) is 9.88 Å².